The van der Waals surface area contributed by atoms with Crippen molar-refractivity contribution in [1.29, 1.82) is 0 Å². The molecule has 2 fully saturated rings. The molecule has 1 aromatic rings. The quantitative estimate of drug-likeness (QED) is 0.411. The summed E-state index contributed by atoms with van der Waals surface area (Å²) in [7, 11) is -2.09. The van der Waals surface area contributed by atoms with Gasteiger partial charge in [-0.05, 0) is 37.8 Å². The number of nitrogens with one attached hydrogen (secondary N) is 1. The van der Waals surface area contributed by atoms with Crippen LogP contribution in [-0.2, 0) is 14.8 Å². The molecule has 1 saturated heterocycles. The monoisotopic (exact) mass is 421 g/mol. The number of allylic oxidation sites excluding steroid dienone is 1. The molecule has 8 nitrogen and oxygen atoms in total. The van der Waals surface area contributed by atoms with Gasteiger partial charge >= 0.3 is 0 Å². The third-order valence-electron chi connectivity index (χ3n) is 6.24. The molecule has 0 radical (unpaired) electrons. The van der Waals surface area contributed by atoms with Crippen LogP contribution in [0.3, 0.4) is 0 Å². The number of carbonyl (C=O) groups excluding carboxylic acids is 1. The van der Waals surface area contributed by atoms with Gasteiger partial charge in [0, 0.05) is 44.0 Å². The van der Waals surface area contributed by atoms with Crippen LogP contribution in [0.25, 0.3) is 0 Å². The number of hydrogen-bond donors (Lipinski definition) is 1. The lowest BCUT2D eigenvalue weighted by Gasteiger charge is -2.53. The Kier molecular flexibility index (Phi) is 6.21. The Morgan fingerprint density at radius 2 is 2.14 bits per heavy atom. The maximum Gasteiger partial charge on any atom is 0.289 e. The molecule has 1 aliphatic heterocycles. The summed E-state index contributed by atoms with van der Waals surface area (Å²) in [4.78, 5) is 24.6. The highest BCUT2D eigenvalue weighted by molar-refractivity contribution is 7.89. The van der Waals surface area contributed by atoms with Gasteiger partial charge in [-0.2, -0.15) is 0 Å². The van der Waals surface area contributed by atoms with E-state index in [1.165, 1.54) is 24.3 Å². The minimum absolute atomic E-state index is 0.0615. The zero-order valence-corrected chi connectivity index (χ0v) is 17.4. The van der Waals surface area contributed by atoms with E-state index < -0.39 is 26.0 Å². The summed E-state index contributed by atoms with van der Waals surface area (Å²) in [6.07, 6.45) is 4.16. The molecule has 0 unspecified atom stereocenters. The van der Waals surface area contributed by atoms with Crippen LogP contribution >= 0.6 is 0 Å². The van der Waals surface area contributed by atoms with Crippen LogP contribution in [0.15, 0.2) is 41.8 Å². The number of hydrogen-bond acceptors (Lipinski definition) is 6. The Morgan fingerprint density at radius 3 is 2.83 bits per heavy atom. The number of nitro benzene ring substituents is 1. The van der Waals surface area contributed by atoms with E-state index in [1.807, 2.05) is 7.05 Å². The second-order valence-electron chi connectivity index (χ2n) is 8.25. The maximum absolute atomic E-state index is 12.9. The topological polar surface area (TPSA) is 110 Å². The number of carbonyl (C=O) groups is 1. The maximum atomic E-state index is 12.9. The normalized spacial score (nSPS) is 28.0. The van der Waals surface area contributed by atoms with E-state index in [0.717, 1.165) is 13.0 Å². The van der Waals surface area contributed by atoms with Crippen LogP contribution in [0.2, 0.25) is 0 Å². The summed E-state index contributed by atoms with van der Waals surface area (Å²) in [5, 5.41) is 11.3. The molecule has 0 aromatic heterocycles. The van der Waals surface area contributed by atoms with Gasteiger partial charge in [0.1, 0.15) is 5.78 Å². The second-order valence-corrected chi connectivity index (χ2v) is 9.98. The summed E-state index contributed by atoms with van der Waals surface area (Å²) in [6.45, 7) is 5.47. The first-order chi connectivity index (χ1) is 13.7. The van der Waals surface area contributed by atoms with Crippen LogP contribution in [0.5, 0.6) is 0 Å². The molecule has 3 rings (SSSR count). The molecular formula is C20H27N3O5S. The van der Waals surface area contributed by atoms with Crippen molar-refractivity contribution in [2.75, 3.05) is 26.7 Å². The van der Waals surface area contributed by atoms with Crippen molar-refractivity contribution >= 4 is 21.5 Å². The van der Waals surface area contributed by atoms with Gasteiger partial charge in [0.25, 0.3) is 5.69 Å². The highest BCUT2D eigenvalue weighted by Crippen LogP contribution is 2.47. The van der Waals surface area contributed by atoms with Gasteiger partial charge in [0.2, 0.25) is 10.0 Å². The lowest BCUT2D eigenvalue weighted by atomic mass is 9.59. The van der Waals surface area contributed by atoms with Crippen LogP contribution in [0.4, 0.5) is 5.69 Å². The van der Waals surface area contributed by atoms with Crippen LogP contribution in [0.1, 0.15) is 25.7 Å². The number of nitrogens with zero attached hydrogens (tertiary/aromatic N) is 2. The summed E-state index contributed by atoms with van der Waals surface area (Å²) in [6, 6.07) is 5.31. The Hall–Kier alpha value is -2.10. The van der Waals surface area contributed by atoms with E-state index in [9.17, 15) is 23.3 Å². The molecule has 158 valence electrons. The van der Waals surface area contributed by atoms with E-state index in [0.29, 0.717) is 31.7 Å². The average Bonchev–Trinajstić information content (AvgIpc) is 2.67. The van der Waals surface area contributed by atoms with E-state index in [2.05, 4.69) is 16.2 Å². The van der Waals surface area contributed by atoms with Gasteiger partial charge in [0.05, 0.1) is 4.92 Å². The van der Waals surface area contributed by atoms with E-state index in [4.69, 9.17) is 0 Å². The van der Waals surface area contributed by atoms with Crippen molar-refractivity contribution in [3.05, 3.63) is 47.0 Å². The fraction of sp³-hybridized carbons (Fsp3) is 0.550. The number of para-hydroxylation sites is 1. The van der Waals surface area contributed by atoms with E-state index in [-0.39, 0.29) is 23.1 Å². The van der Waals surface area contributed by atoms with Crippen LogP contribution < -0.4 is 4.72 Å². The number of fused-ring (bicyclic) bond motifs is 1. The van der Waals surface area contributed by atoms with E-state index in [1.54, 1.807) is 6.08 Å². The second kappa shape index (κ2) is 8.33. The Bertz CT molecular complexity index is 916. The summed E-state index contributed by atoms with van der Waals surface area (Å²) in [5.41, 5.74) is -0.934. The fourth-order valence-corrected chi connectivity index (χ4v) is 6.34. The first-order valence-electron chi connectivity index (χ1n) is 9.73. The summed E-state index contributed by atoms with van der Waals surface area (Å²) < 4.78 is 28.5. The highest BCUT2D eigenvalue weighted by Gasteiger charge is 2.49. The largest absolute Gasteiger partial charge is 0.305 e. The predicted molar refractivity (Wildman–Crippen MR) is 109 cm³/mol. The van der Waals surface area contributed by atoms with Gasteiger partial charge in [-0.15, -0.1) is 6.58 Å². The first kappa shape index (κ1) is 21.6. The third-order valence-corrected chi connectivity index (χ3v) is 7.69. The molecule has 2 aliphatic rings. The minimum Gasteiger partial charge on any atom is -0.305 e. The van der Waals surface area contributed by atoms with Crippen molar-refractivity contribution in [3.8, 4) is 0 Å². The zero-order chi connectivity index (χ0) is 21.2. The number of nitro groups is 1. The van der Waals surface area contributed by atoms with Gasteiger partial charge in [-0.3, -0.25) is 14.9 Å². The number of benzene rings is 1. The number of ketones is 1. The first-order valence-corrected chi connectivity index (χ1v) is 11.2. The minimum atomic E-state index is -4.09. The lowest BCUT2D eigenvalue weighted by molar-refractivity contribution is -0.387. The number of Topliss-reactive ketones (excluding diaryl/α,β-unsaturated/α-hetero) is 1. The summed E-state index contributed by atoms with van der Waals surface area (Å²) >= 11 is 0. The SMILES string of the molecule is C=CC[C@]1(CNS(=O)(=O)c2ccccc2[N+](=O)[O-])CN(C)C[C@H]2CCC(=O)C[C@H]21. The number of likely N-dealkylation sites (tertiary alicyclic amines) is 1. The van der Waals surface area contributed by atoms with Crippen LogP contribution in [0, 0.1) is 27.4 Å². The zero-order valence-electron chi connectivity index (χ0n) is 16.5. The molecule has 1 N–H and O–H groups in total. The molecule has 9 heteroatoms. The van der Waals surface area contributed by atoms with Gasteiger partial charge in [0.15, 0.2) is 4.90 Å². The smallest absolute Gasteiger partial charge is 0.289 e. The Morgan fingerprint density at radius 1 is 1.41 bits per heavy atom. The van der Waals surface area contributed by atoms with Crippen molar-refractivity contribution < 1.29 is 18.1 Å². The molecule has 1 saturated carbocycles. The van der Waals surface area contributed by atoms with Gasteiger partial charge in [-0.1, -0.05) is 18.2 Å². The molecule has 1 aliphatic carbocycles. The van der Waals surface area contributed by atoms with Crippen molar-refractivity contribution in [3.63, 3.8) is 0 Å². The Balaban J connectivity index is 1.91. The third kappa shape index (κ3) is 4.41. The van der Waals surface area contributed by atoms with Crippen molar-refractivity contribution in [1.82, 2.24) is 9.62 Å². The summed E-state index contributed by atoms with van der Waals surface area (Å²) in [5.74, 6) is 0.596. The Labute approximate surface area is 171 Å². The van der Waals surface area contributed by atoms with Gasteiger partial charge in [-0.25, -0.2) is 13.1 Å². The molecule has 1 heterocycles. The van der Waals surface area contributed by atoms with Crippen molar-refractivity contribution in [2.24, 2.45) is 17.3 Å². The molecule has 29 heavy (non-hydrogen) atoms. The molecule has 0 spiro atoms. The van der Waals surface area contributed by atoms with Crippen molar-refractivity contribution in [2.45, 2.75) is 30.6 Å². The predicted octanol–water partition coefficient (Wildman–Crippen LogP) is 2.37. The van der Waals surface area contributed by atoms with E-state index >= 15 is 0 Å². The number of sulfonamides is 1. The molecule has 3 atom stereocenters. The molecule has 0 amide bonds. The number of rotatable bonds is 7. The lowest BCUT2D eigenvalue weighted by Crippen LogP contribution is -2.58. The van der Waals surface area contributed by atoms with Gasteiger partial charge < -0.3 is 4.90 Å². The van der Waals surface area contributed by atoms with Crippen LogP contribution in [-0.4, -0.2) is 50.7 Å². The standard InChI is InChI=1S/C20H27N3O5S/c1-3-10-20(14-22(2)12-15-8-9-16(24)11-17(15)20)13-21-29(27,28)19-7-5-4-6-18(19)23(25)26/h3-7,15,17,21H,1,8-14H2,2H3/t15-,17-,20+/m1/s1. The molecular weight excluding hydrogens is 394 g/mol. The average molecular weight is 422 g/mol. The fourth-order valence-electron chi connectivity index (χ4n) is 5.03. The molecule has 1 aromatic carbocycles. The molecule has 0 bridgehead atoms. The number of piperidine rings is 1. The highest BCUT2D eigenvalue weighted by atomic mass is 32.2.